The van der Waals surface area contributed by atoms with Gasteiger partial charge in [0.15, 0.2) is 0 Å². The average Bonchev–Trinajstić information content (AvgIpc) is 2.94. The Morgan fingerprint density at radius 2 is 1.88 bits per heavy atom. The second-order valence-electron chi connectivity index (χ2n) is 5.86. The third-order valence-corrected chi connectivity index (χ3v) is 4.58. The van der Waals surface area contributed by atoms with E-state index in [4.69, 9.17) is 10.5 Å². The molecule has 2 fully saturated rings. The van der Waals surface area contributed by atoms with Gasteiger partial charge < -0.3 is 10.5 Å². The van der Waals surface area contributed by atoms with Crippen molar-refractivity contribution in [1.82, 2.24) is 0 Å². The van der Waals surface area contributed by atoms with Crippen LogP contribution in [0.2, 0.25) is 0 Å². The molecule has 3 unspecified atom stereocenters. The van der Waals surface area contributed by atoms with E-state index in [2.05, 4.69) is 12.2 Å². The molecule has 0 aliphatic heterocycles. The van der Waals surface area contributed by atoms with E-state index < -0.39 is 0 Å². The number of ether oxygens (including phenoxy) is 1. The first kappa shape index (κ1) is 11.3. The maximum absolute atomic E-state index is 12.1. The van der Waals surface area contributed by atoms with Crippen LogP contribution in [0.25, 0.3) is 0 Å². The van der Waals surface area contributed by atoms with E-state index in [0.717, 1.165) is 38.5 Å². The number of carbonyl (C=O) groups excluding carboxylic acids is 1. The van der Waals surface area contributed by atoms with Crippen molar-refractivity contribution in [1.29, 1.82) is 0 Å². The second kappa shape index (κ2) is 4.45. The Balaban J connectivity index is 1.52. The number of esters is 1. The Labute approximate surface area is 102 Å². The highest BCUT2D eigenvalue weighted by atomic mass is 16.5. The third-order valence-electron chi connectivity index (χ3n) is 4.58. The Bertz CT molecular complexity index is 331. The molecule has 0 spiro atoms. The molecule has 0 aromatic carbocycles. The summed E-state index contributed by atoms with van der Waals surface area (Å²) >= 11 is 0. The number of carbonyl (C=O) groups is 1. The number of hydrogen-bond donors (Lipinski definition) is 1. The zero-order chi connectivity index (χ0) is 11.8. The van der Waals surface area contributed by atoms with E-state index in [1.165, 1.54) is 0 Å². The van der Waals surface area contributed by atoms with E-state index in [1.807, 2.05) is 0 Å². The lowest BCUT2D eigenvalue weighted by Gasteiger charge is -2.28. The predicted octanol–water partition coefficient (Wildman–Crippen LogP) is 2.01. The highest BCUT2D eigenvalue weighted by molar-refractivity contribution is 5.74. The molecule has 3 aliphatic carbocycles. The standard InChI is InChI=1S/C14H21NO2/c15-11-3-5-12(6-4-11)17-14(16)13-8-9-1-2-10(13)7-9/h1-2,9-13H,3-8,15H2. The van der Waals surface area contributed by atoms with E-state index in [9.17, 15) is 4.79 Å². The van der Waals surface area contributed by atoms with Gasteiger partial charge in [0.1, 0.15) is 6.10 Å². The van der Waals surface area contributed by atoms with Crippen LogP contribution in [-0.2, 0) is 9.53 Å². The molecule has 0 aromatic heterocycles. The van der Waals surface area contributed by atoms with Crippen LogP contribution in [0.3, 0.4) is 0 Å². The lowest BCUT2D eigenvalue weighted by Crippen LogP contribution is -2.33. The summed E-state index contributed by atoms with van der Waals surface area (Å²) in [6, 6.07) is 0.315. The van der Waals surface area contributed by atoms with Crippen LogP contribution in [0.1, 0.15) is 38.5 Å². The van der Waals surface area contributed by atoms with Crippen molar-refractivity contribution in [2.24, 2.45) is 23.5 Å². The van der Waals surface area contributed by atoms with Gasteiger partial charge in [-0.3, -0.25) is 4.79 Å². The molecule has 3 nitrogen and oxygen atoms in total. The van der Waals surface area contributed by atoms with E-state index in [-0.39, 0.29) is 18.0 Å². The molecular formula is C14H21NO2. The molecule has 3 heteroatoms. The van der Waals surface area contributed by atoms with Gasteiger partial charge in [-0.25, -0.2) is 0 Å². The number of allylic oxidation sites excluding steroid dienone is 2. The van der Waals surface area contributed by atoms with Crippen molar-refractivity contribution in [3.63, 3.8) is 0 Å². The van der Waals surface area contributed by atoms with Crippen molar-refractivity contribution in [3.05, 3.63) is 12.2 Å². The molecule has 2 bridgehead atoms. The number of fused-ring (bicyclic) bond motifs is 2. The quantitative estimate of drug-likeness (QED) is 0.588. The van der Waals surface area contributed by atoms with Gasteiger partial charge in [-0.15, -0.1) is 0 Å². The molecule has 0 heterocycles. The highest BCUT2D eigenvalue weighted by Gasteiger charge is 2.41. The molecule has 17 heavy (non-hydrogen) atoms. The average molecular weight is 235 g/mol. The topological polar surface area (TPSA) is 52.3 Å². The molecule has 3 rings (SSSR count). The van der Waals surface area contributed by atoms with Gasteiger partial charge in [0.25, 0.3) is 0 Å². The number of rotatable bonds is 2. The lowest BCUT2D eigenvalue weighted by molar-refractivity contribution is -0.156. The van der Waals surface area contributed by atoms with Crippen molar-refractivity contribution < 1.29 is 9.53 Å². The van der Waals surface area contributed by atoms with Crippen LogP contribution in [0.4, 0.5) is 0 Å². The first-order chi connectivity index (χ1) is 8.22. The van der Waals surface area contributed by atoms with E-state index in [0.29, 0.717) is 17.9 Å². The van der Waals surface area contributed by atoms with Crippen molar-refractivity contribution in [3.8, 4) is 0 Å². The maximum atomic E-state index is 12.1. The second-order valence-corrected chi connectivity index (χ2v) is 5.86. The fourth-order valence-electron chi connectivity index (χ4n) is 3.51. The highest BCUT2D eigenvalue weighted by Crippen LogP contribution is 2.44. The summed E-state index contributed by atoms with van der Waals surface area (Å²) in [6.07, 6.45) is 10.6. The minimum atomic E-state index is 0.0438. The van der Waals surface area contributed by atoms with Gasteiger partial charge in [-0.2, -0.15) is 0 Å². The third kappa shape index (κ3) is 2.25. The molecular weight excluding hydrogens is 214 g/mol. The minimum absolute atomic E-state index is 0.0438. The fourth-order valence-corrected chi connectivity index (χ4v) is 3.51. The summed E-state index contributed by atoms with van der Waals surface area (Å²) in [4.78, 5) is 12.1. The largest absolute Gasteiger partial charge is 0.462 e. The fraction of sp³-hybridized carbons (Fsp3) is 0.786. The van der Waals surface area contributed by atoms with Gasteiger partial charge in [0.2, 0.25) is 0 Å². The molecule has 0 aromatic rings. The monoisotopic (exact) mass is 235 g/mol. The summed E-state index contributed by atoms with van der Waals surface area (Å²) in [5.41, 5.74) is 5.85. The normalized spacial score (nSPS) is 43.9. The minimum Gasteiger partial charge on any atom is -0.462 e. The first-order valence-electron chi connectivity index (χ1n) is 6.87. The van der Waals surface area contributed by atoms with Gasteiger partial charge in [0.05, 0.1) is 5.92 Å². The van der Waals surface area contributed by atoms with Crippen LogP contribution in [0, 0.1) is 17.8 Å². The Morgan fingerprint density at radius 1 is 1.12 bits per heavy atom. The first-order valence-corrected chi connectivity index (χ1v) is 6.87. The Hall–Kier alpha value is -0.830. The molecule has 0 saturated heterocycles. The van der Waals surface area contributed by atoms with Crippen LogP contribution in [0.5, 0.6) is 0 Å². The molecule has 94 valence electrons. The lowest BCUT2D eigenvalue weighted by atomic mass is 9.92. The number of nitrogens with two attached hydrogens (primary N) is 1. The molecule has 2 N–H and O–H groups in total. The zero-order valence-electron chi connectivity index (χ0n) is 10.2. The Morgan fingerprint density at radius 3 is 2.47 bits per heavy atom. The van der Waals surface area contributed by atoms with Crippen molar-refractivity contribution in [2.45, 2.75) is 50.7 Å². The molecule has 3 aliphatic rings. The van der Waals surface area contributed by atoms with Gasteiger partial charge in [0, 0.05) is 6.04 Å². The van der Waals surface area contributed by atoms with E-state index in [1.54, 1.807) is 0 Å². The van der Waals surface area contributed by atoms with Gasteiger partial charge in [-0.05, 0) is 50.4 Å². The van der Waals surface area contributed by atoms with Crippen LogP contribution in [0.15, 0.2) is 12.2 Å². The summed E-state index contributed by atoms with van der Waals surface area (Å²) < 4.78 is 5.65. The van der Waals surface area contributed by atoms with Gasteiger partial charge in [-0.1, -0.05) is 12.2 Å². The predicted molar refractivity (Wildman–Crippen MR) is 65.2 cm³/mol. The molecule has 0 radical (unpaired) electrons. The summed E-state index contributed by atoms with van der Waals surface area (Å²) in [5, 5.41) is 0. The van der Waals surface area contributed by atoms with E-state index >= 15 is 0 Å². The summed E-state index contributed by atoms with van der Waals surface area (Å²) in [7, 11) is 0. The van der Waals surface area contributed by atoms with Crippen LogP contribution >= 0.6 is 0 Å². The summed E-state index contributed by atoms with van der Waals surface area (Å²) in [6.45, 7) is 0. The van der Waals surface area contributed by atoms with Crippen molar-refractivity contribution >= 4 is 5.97 Å². The Kier molecular flexibility index (Phi) is 2.95. The molecule has 3 atom stereocenters. The SMILES string of the molecule is NC1CCC(OC(=O)C2CC3C=CC2C3)CC1. The molecule has 2 saturated carbocycles. The number of hydrogen-bond acceptors (Lipinski definition) is 3. The van der Waals surface area contributed by atoms with Crippen LogP contribution < -0.4 is 5.73 Å². The summed E-state index contributed by atoms with van der Waals surface area (Å²) in [5.74, 6) is 1.28. The van der Waals surface area contributed by atoms with Gasteiger partial charge >= 0.3 is 5.97 Å². The smallest absolute Gasteiger partial charge is 0.309 e. The maximum Gasteiger partial charge on any atom is 0.309 e. The van der Waals surface area contributed by atoms with Crippen LogP contribution in [-0.4, -0.2) is 18.1 Å². The van der Waals surface area contributed by atoms with Crippen molar-refractivity contribution in [2.75, 3.05) is 0 Å². The zero-order valence-corrected chi connectivity index (χ0v) is 10.2. The molecule has 0 amide bonds.